The Morgan fingerprint density at radius 1 is 1.20 bits per heavy atom. The van der Waals surface area contributed by atoms with Crippen LogP contribution in [0.2, 0.25) is 0 Å². The summed E-state index contributed by atoms with van der Waals surface area (Å²) in [6, 6.07) is 4.07. The molecule has 1 saturated heterocycles. The number of rotatable bonds is 4. The first kappa shape index (κ1) is 21.5. The second-order valence-corrected chi connectivity index (χ2v) is 6.82. The lowest BCUT2D eigenvalue weighted by molar-refractivity contribution is -0.147. The number of benzene rings is 1. The van der Waals surface area contributed by atoms with Crippen molar-refractivity contribution in [1.82, 2.24) is 19.2 Å². The van der Waals surface area contributed by atoms with Crippen molar-refractivity contribution in [1.29, 1.82) is 0 Å². The van der Waals surface area contributed by atoms with Crippen molar-refractivity contribution in [2.45, 2.75) is 25.1 Å². The molecule has 2 amide bonds. The third kappa shape index (κ3) is 4.21. The number of nitrogens with one attached hydrogen (secondary N) is 1. The van der Waals surface area contributed by atoms with Crippen LogP contribution in [0.4, 0.5) is 23.7 Å². The van der Waals surface area contributed by atoms with Crippen LogP contribution in [0.25, 0.3) is 0 Å². The van der Waals surface area contributed by atoms with Gasteiger partial charge < -0.3 is 19.7 Å². The monoisotopic (exact) mass is 429 g/mol. The maximum atomic E-state index is 13.0. The molecule has 0 radical (unpaired) electrons. The molecule has 1 aromatic heterocycles. The van der Waals surface area contributed by atoms with E-state index in [9.17, 15) is 22.8 Å². The van der Waals surface area contributed by atoms with Gasteiger partial charge in [-0.05, 0) is 25.0 Å². The molecule has 0 atom stereocenters. The van der Waals surface area contributed by atoms with Crippen LogP contribution in [0, 0.1) is 0 Å². The highest BCUT2D eigenvalue weighted by Gasteiger charge is 2.39. The highest BCUT2D eigenvalue weighted by molar-refractivity contribution is 5.91. The summed E-state index contributed by atoms with van der Waals surface area (Å²) in [4.78, 5) is 26.3. The van der Waals surface area contributed by atoms with Gasteiger partial charge in [-0.2, -0.15) is 13.2 Å². The van der Waals surface area contributed by atoms with Crippen molar-refractivity contribution < 1.29 is 27.4 Å². The van der Waals surface area contributed by atoms with Crippen LogP contribution in [0.15, 0.2) is 23.0 Å². The van der Waals surface area contributed by atoms with E-state index in [4.69, 9.17) is 9.47 Å². The van der Waals surface area contributed by atoms with Crippen LogP contribution in [0.3, 0.4) is 0 Å². The number of halogens is 3. The van der Waals surface area contributed by atoms with E-state index < -0.39 is 23.7 Å². The molecule has 1 aliphatic heterocycles. The first-order valence-corrected chi connectivity index (χ1v) is 9.16. The number of likely N-dealkylation sites (tertiary alicyclic amines) is 1. The Kier molecular flexibility index (Phi) is 5.94. The predicted molar refractivity (Wildman–Crippen MR) is 101 cm³/mol. The molecular formula is C18H22F3N5O4. The molecule has 0 bridgehead atoms. The minimum atomic E-state index is -4.71. The van der Waals surface area contributed by atoms with E-state index in [1.54, 1.807) is 18.2 Å². The van der Waals surface area contributed by atoms with Crippen molar-refractivity contribution in [2.24, 2.45) is 7.05 Å². The van der Waals surface area contributed by atoms with Crippen molar-refractivity contribution in [3.63, 3.8) is 0 Å². The highest BCUT2D eigenvalue weighted by atomic mass is 19.4. The zero-order chi connectivity index (χ0) is 22.1. The number of methoxy groups -OCH3 is 2. The molecule has 1 N–H and O–H groups in total. The first-order valence-electron chi connectivity index (χ1n) is 9.16. The predicted octanol–water partition coefficient (Wildman–Crippen LogP) is 2.49. The van der Waals surface area contributed by atoms with Crippen LogP contribution < -0.4 is 20.5 Å². The molecule has 12 heteroatoms. The van der Waals surface area contributed by atoms with Crippen molar-refractivity contribution in [3.05, 3.63) is 34.5 Å². The Morgan fingerprint density at radius 3 is 2.40 bits per heavy atom. The summed E-state index contributed by atoms with van der Waals surface area (Å²) >= 11 is 0. The molecule has 3 rings (SSSR count). The summed E-state index contributed by atoms with van der Waals surface area (Å²) in [7, 11) is 4.02. The van der Waals surface area contributed by atoms with Crippen molar-refractivity contribution >= 4 is 11.7 Å². The highest BCUT2D eigenvalue weighted by Crippen LogP contribution is 2.30. The number of alkyl halides is 3. The number of amides is 2. The van der Waals surface area contributed by atoms with E-state index in [2.05, 4.69) is 10.4 Å². The zero-order valence-electron chi connectivity index (χ0n) is 16.7. The van der Waals surface area contributed by atoms with Gasteiger partial charge in [0.25, 0.3) is 0 Å². The van der Waals surface area contributed by atoms with Crippen LogP contribution in [0.5, 0.6) is 11.5 Å². The topological polar surface area (TPSA) is 90.6 Å². The molecule has 164 valence electrons. The molecule has 2 aromatic rings. The lowest BCUT2D eigenvalue weighted by atomic mass is 10.1. The molecule has 30 heavy (non-hydrogen) atoms. The number of piperidine rings is 1. The average Bonchev–Trinajstić information content (AvgIpc) is 3.03. The van der Waals surface area contributed by atoms with E-state index in [0.717, 1.165) is 11.7 Å². The van der Waals surface area contributed by atoms with Gasteiger partial charge in [-0.15, -0.1) is 5.10 Å². The Labute approximate surface area is 170 Å². The Morgan fingerprint density at radius 2 is 1.87 bits per heavy atom. The quantitative estimate of drug-likeness (QED) is 0.807. The van der Waals surface area contributed by atoms with Crippen LogP contribution in [-0.4, -0.2) is 52.6 Å². The van der Waals surface area contributed by atoms with Gasteiger partial charge in [0.2, 0.25) is 5.82 Å². The van der Waals surface area contributed by atoms with E-state index in [0.29, 0.717) is 34.6 Å². The van der Waals surface area contributed by atoms with Gasteiger partial charge >= 0.3 is 17.9 Å². The number of hydrogen-bond donors (Lipinski definition) is 1. The summed E-state index contributed by atoms with van der Waals surface area (Å²) in [5.41, 5.74) is -0.366. The molecule has 2 heterocycles. The third-order valence-corrected chi connectivity index (χ3v) is 5.00. The first-order chi connectivity index (χ1) is 14.2. The standard InChI is InChI=1S/C18H22F3N5O4/c1-24-15(18(19,20)21)23-26(17(24)28)11-6-8-25(9-7-11)16(27)22-13-5-4-12(29-2)10-14(13)30-3/h4-5,10-11H,6-9H2,1-3H3,(H,22,27). The maximum absolute atomic E-state index is 13.0. The molecule has 0 aliphatic carbocycles. The lowest BCUT2D eigenvalue weighted by Gasteiger charge is -2.31. The number of anilines is 1. The smallest absolute Gasteiger partial charge is 0.451 e. The fourth-order valence-corrected chi connectivity index (χ4v) is 3.35. The van der Waals surface area contributed by atoms with E-state index in [1.165, 1.54) is 19.1 Å². The molecule has 0 unspecified atom stereocenters. The van der Waals surface area contributed by atoms with E-state index >= 15 is 0 Å². The van der Waals surface area contributed by atoms with Crippen molar-refractivity contribution in [2.75, 3.05) is 32.6 Å². The molecule has 1 aromatic carbocycles. The maximum Gasteiger partial charge on any atom is 0.451 e. The number of carbonyl (C=O) groups is 1. The number of ether oxygens (including phenoxy) is 2. The SMILES string of the molecule is COc1ccc(NC(=O)N2CCC(n3nc(C(F)(F)F)n(C)c3=O)CC2)c(OC)c1. The average molecular weight is 429 g/mol. The normalized spacial score (nSPS) is 15.2. The van der Waals surface area contributed by atoms with Gasteiger partial charge in [0.05, 0.1) is 25.9 Å². The molecule has 0 saturated carbocycles. The molecule has 0 spiro atoms. The Bertz CT molecular complexity index is 977. The number of aromatic nitrogens is 3. The zero-order valence-corrected chi connectivity index (χ0v) is 16.7. The summed E-state index contributed by atoms with van der Waals surface area (Å²) < 4.78 is 50.7. The molecule has 9 nitrogen and oxygen atoms in total. The van der Waals surface area contributed by atoms with Gasteiger partial charge in [0.15, 0.2) is 0 Å². The Hall–Kier alpha value is -3.18. The van der Waals surface area contributed by atoms with Gasteiger partial charge in [-0.1, -0.05) is 0 Å². The van der Waals surface area contributed by atoms with Crippen LogP contribution in [-0.2, 0) is 13.2 Å². The summed E-state index contributed by atoms with van der Waals surface area (Å²) in [6.45, 7) is 0.526. The van der Waals surface area contributed by atoms with Crippen LogP contribution in [0.1, 0.15) is 24.7 Å². The van der Waals surface area contributed by atoms with Gasteiger partial charge in [0, 0.05) is 26.2 Å². The second kappa shape index (κ2) is 8.28. The second-order valence-electron chi connectivity index (χ2n) is 6.82. The fraction of sp³-hybridized carbons (Fsp3) is 0.500. The van der Waals surface area contributed by atoms with Gasteiger partial charge in [0.1, 0.15) is 11.5 Å². The van der Waals surface area contributed by atoms with E-state index in [1.807, 2.05) is 0 Å². The number of carbonyl (C=O) groups excluding carboxylic acids is 1. The molecular weight excluding hydrogens is 407 g/mol. The third-order valence-electron chi connectivity index (χ3n) is 5.00. The number of hydrogen-bond acceptors (Lipinski definition) is 5. The fourth-order valence-electron chi connectivity index (χ4n) is 3.35. The largest absolute Gasteiger partial charge is 0.497 e. The van der Waals surface area contributed by atoms with Crippen molar-refractivity contribution in [3.8, 4) is 11.5 Å². The Balaban J connectivity index is 1.66. The minimum Gasteiger partial charge on any atom is -0.497 e. The number of urea groups is 1. The molecule has 1 fully saturated rings. The summed E-state index contributed by atoms with van der Waals surface area (Å²) in [5, 5.41) is 6.23. The van der Waals surface area contributed by atoms with Gasteiger partial charge in [-0.25, -0.2) is 14.3 Å². The van der Waals surface area contributed by atoms with Gasteiger partial charge in [-0.3, -0.25) is 4.57 Å². The van der Waals surface area contributed by atoms with Crippen LogP contribution >= 0.6 is 0 Å². The molecule has 1 aliphatic rings. The number of nitrogens with zero attached hydrogens (tertiary/aromatic N) is 4. The lowest BCUT2D eigenvalue weighted by Crippen LogP contribution is -2.43. The minimum absolute atomic E-state index is 0.263. The van der Waals surface area contributed by atoms with E-state index in [-0.39, 0.29) is 19.1 Å². The summed E-state index contributed by atoms with van der Waals surface area (Å²) in [5.74, 6) is -0.235. The summed E-state index contributed by atoms with van der Waals surface area (Å²) in [6.07, 6.45) is -4.10.